The number of hydrogen-bond donors (Lipinski definition) is 0. The maximum absolute atomic E-state index is 5.71. The summed E-state index contributed by atoms with van der Waals surface area (Å²) in [6.07, 6.45) is 0. The van der Waals surface area contributed by atoms with Crippen LogP contribution >= 0.6 is 53.4 Å². The van der Waals surface area contributed by atoms with Crippen LogP contribution in [0.5, 0.6) is 0 Å². The Balaban J connectivity index is 2.89. The molecule has 1 rings (SSSR count). The fourth-order valence-electron chi connectivity index (χ4n) is 0.554. The van der Waals surface area contributed by atoms with Gasteiger partial charge in [-0.2, -0.15) is 0 Å². The van der Waals surface area contributed by atoms with Crippen molar-refractivity contribution >= 4 is 58.7 Å². The van der Waals surface area contributed by atoms with Crippen LogP contribution in [0.2, 0.25) is 5.02 Å². The van der Waals surface area contributed by atoms with Gasteiger partial charge in [-0.15, -0.1) is 0 Å². The number of halogens is 3. The summed E-state index contributed by atoms with van der Waals surface area (Å²) in [5.41, 5.74) is 0. The molecule has 1 atom stereocenters. The molecule has 0 N–H and O–H groups in total. The molecule has 0 nitrogen and oxygen atoms in total. The maximum Gasteiger partial charge on any atom is 0.0604 e. The molecule has 4 heteroatoms. The van der Waals surface area contributed by atoms with Crippen LogP contribution in [0.1, 0.15) is 0 Å². The summed E-state index contributed by atoms with van der Waals surface area (Å²) in [6.45, 7) is 0. The minimum absolute atomic E-state index is 0.184. The zero-order chi connectivity index (χ0) is 7.56. The van der Waals surface area contributed by atoms with Gasteiger partial charge in [-0.1, -0.05) is 23.7 Å². The molecule has 1 aromatic carbocycles. The lowest BCUT2D eigenvalue weighted by atomic mass is 10.4. The minimum atomic E-state index is -0.184. The Morgan fingerprint density at radius 1 is 1.30 bits per heavy atom. The topological polar surface area (TPSA) is 0 Å². The van der Waals surface area contributed by atoms with E-state index in [1.807, 2.05) is 24.3 Å². The van der Waals surface area contributed by atoms with Crippen molar-refractivity contribution in [3.05, 3.63) is 29.3 Å². The van der Waals surface area contributed by atoms with Crippen LogP contribution in [0.15, 0.2) is 24.3 Å². The third-order valence-corrected chi connectivity index (χ3v) is 4.86. The lowest BCUT2D eigenvalue weighted by Crippen LogP contribution is -1.90. The number of benzene rings is 1. The Labute approximate surface area is 87.3 Å². The van der Waals surface area contributed by atoms with Crippen molar-refractivity contribution in [3.63, 3.8) is 0 Å². The number of hydrogen-bond acceptors (Lipinski definition) is 0. The summed E-state index contributed by atoms with van der Waals surface area (Å²) >= 11 is 11.6. The third kappa shape index (κ3) is 2.65. The van der Waals surface area contributed by atoms with E-state index in [9.17, 15) is 0 Å². The van der Waals surface area contributed by atoms with E-state index < -0.39 is 0 Å². The van der Waals surface area contributed by atoms with Crippen LogP contribution in [0.3, 0.4) is 0 Å². The molecular weight excluding hydrogens is 345 g/mol. The molecule has 0 aliphatic heterocycles. The van der Waals surface area contributed by atoms with Crippen LogP contribution in [0.4, 0.5) is 0 Å². The standard InChI is InChI=1S/C6H4BrClIP/c7-10(9)6-3-1-5(8)2-4-6/h1-4H. The predicted molar refractivity (Wildman–Crippen MR) is 61.0 cm³/mol. The monoisotopic (exact) mass is 348 g/mol. The molecule has 0 saturated heterocycles. The van der Waals surface area contributed by atoms with Gasteiger partial charge in [-0.3, -0.25) is 0 Å². The molecule has 1 aromatic rings. The summed E-state index contributed by atoms with van der Waals surface area (Å²) in [4.78, 5) is 0. The summed E-state index contributed by atoms with van der Waals surface area (Å²) in [5.74, 6) is 0. The lowest BCUT2D eigenvalue weighted by molar-refractivity contribution is 1.77. The quantitative estimate of drug-likeness (QED) is 0.529. The van der Waals surface area contributed by atoms with Crippen LogP contribution < -0.4 is 5.30 Å². The minimum Gasteiger partial charge on any atom is -0.0843 e. The average molecular weight is 349 g/mol. The molecule has 0 aliphatic rings. The SMILES string of the molecule is Clc1ccc(P(Br)I)cc1. The average Bonchev–Trinajstić information content (AvgIpc) is 1.88. The molecule has 0 aromatic heterocycles. The molecule has 1 unspecified atom stereocenters. The van der Waals surface area contributed by atoms with Crippen molar-refractivity contribution in [2.45, 2.75) is 0 Å². The second-order valence-electron chi connectivity index (χ2n) is 1.71. The highest BCUT2D eigenvalue weighted by atomic mass is 127. The van der Waals surface area contributed by atoms with Crippen molar-refractivity contribution in [1.82, 2.24) is 0 Å². The van der Waals surface area contributed by atoms with E-state index in [4.69, 9.17) is 11.6 Å². The smallest absolute Gasteiger partial charge is 0.0604 e. The summed E-state index contributed by atoms with van der Waals surface area (Å²) < 4.78 is -0.184. The molecule has 0 radical (unpaired) electrons. The Morgan fingerprint density at radius 3 is 2.20 bits per heavy atom. The predicted octanol–water partition coefficient (Wildman–Crippen LogP) is 4.11. The summed E-state index contributed by atoms with van der Waals surface area (Å²) in [6, 6.07) is 7.89. The van der Waals surface area contributed by atoms with Gasteiger partial charge in [0.05, 0.1) is 4.27 Å². The van der Waals surface area contributed by atoms with E-state index in [0.29, 0.717) is 0 Å². The normalized spacial score (nSPS) is 13.1. The molecule has 54 valence electrons. The van der Waals surface area contributed by atoms with Gasteiger partial charge in [0.15, 0.2) is 0 Å². The Hall–Kier alpha value is 1.15. The molecule has 0 aliphatic carbocycles. The van der Waals surface area contributed by atoms with Gasteiger partial charge in [0.25, 0.3) is 0 Å². The molecule has 0 bridgehead atoms. The van der Waals surface area contributed by atoms with Crippen molar-refractivity contribution < 1.29 is 0 Å². The Bertz CT molecular complexity index is 211. The Morgan fingerprint density at radius 2 is 1.80 bits per heavy atom. The highest BCUT2D eigenvalue weighted by Gasteiger charge is 1.99. The van der Waals surface area contributed by atoms with Gasteiger partial charge >= 0.3 is 0 Å². The van der Waals surface area contributed by atoms with Gasteiger partial charge in [0, 0.05) is 5.02 Å². The zero-order valence-electron chi connectivity index (χ0n) is 4.89. The maximum atomic E-state index is 5.71. The van der Waals surface area contributed by atoms with E-state index in [-0.39, 0.29) is 4.27 Å². The summed E-state index contributed by atoms with van der Waals surface area (Å²) in [7, 11) is 0. The van der Waals surface area contributed by atoms with E-state index in [0.717, 1.165) is 5.02 Å². The van der Waals surface area contributed by atoms with Crippen molar-refractivity contribution in [2.24, 2.45) is 0 Å². The molecule has 0 fully saturated rings. The fraction of sp³-hybridized carbons (Fsp3) is 0. The van der Waals surface area contributed by atoms with Crippen molar-refractivity contribution in [3.8, 4) is 0 Å². The molecule has 0 spiro atoms. The lowest BCUT2D eigenvalue weighted by Gasteiger charge is -1.99. The highest BCUT2D eigenvalue weighted by Crippen LogP contribution is 2.51. The fourth-order valence-corrected chi connectivity index (χ4v) is 2.73. The first kappa shape index (κ1) is 9.24. The summed E-state index contributed by atoms with van der Waals surface area (Å²) in [5, 5.41) is 2.10. The van der Waals surface area contributed by atoms with Gasteiger partial charge in [0.2, 0.25) is 0 Å². The highest BCUT2D eigenvalue weighted by molar-refractivity contribution is 14.2. The van der Waals surface area contributed by atoms with Gasteiger partial charge in [-0.05, 0) is 55.0 Å². The van der Waals surface area contributed by atoms with Crippen molar-refractivity contribution in [2.75, 3.05) is 0 Å². The van der Waals surface area contributed by atoms with Crippen LogP contribution in [0.25, 0.3) is 0 Å². The Kier molecular flexibility index (Phi) is 3.92. The van der Waals surface area contributed by atoms with Gasteiger partial charge in [0.1, 0.15) is 0 Å². The van der Waals surface area contributed by atoms with E-state index in [2.05, 4.69) is 37.5 Å². The van der Waals surface area contributed by atoms with E-state index in [1.54, 1.807) is 0 Å². The number of rotatable bonds is 1. The van der Waals surface area contributed by atoms with Crippen LogP contribution in [0, 0.1) is 0 Å². The molecule has 0 heterocycles. The first-order chi connectivity index (χ1) is 4.70. The van der Waals surface area contributed by atoms with Gasteiger partial charge in [-0.25, -0.2) is 0 Å². The van der Waals surface area contributed by atoms with Crippen LogP contribution in [-0.2, 0) is 0 Å². The van der Waals surface area contributed by atoms with Gasteiger partial charge < -0.3 is 0 Å². The largest absolute Gasteiger partial charge is 0.0843 e. The zero-order valence-corrected chi connectivity index (χ0v) is 10.3. The first-order valence-electron chi connectivity index (χ1n) is 2.57. The van der Waals surface area contributed by atoms with Crippen molar-refractivity contribution in [1.29, 1.82) is 0 Å². The molecule has 10 heavy (non-hydrogen) atoms. The van der Waals surface area contributed by atoms with E-state index in [1.165, 1.54) is 5.30 Å². The molecule has 0 saturated carbocycles. The second kappa shape index (κ2) is 4.24. The molecule has 0 amide bonds. The van der Waals surface area contributed by atoms with Crippen LogP contribution in [-0.4, -0.2) is 0 Å². The third-order valence-electron chi connectivity index (χ3n) is 1.02. The van der Waals surface area contributed by atoms with E-state index >= 15 is 0 Å². The first-order valence-corrected chi connectivity index (χ1v) is 9.10. The molecular formula is C6H4BrClIP. The second-order valence-corrected chi connectivity index (χ2v) is 12.1.